The molecular weight excluding hydrogens is 411 g/mol. The number of carboxylic acids is 1. The van der Waals surface area contributed by atoms with E-state index in [0.29, 0.717) is 5.69 Å². The molecule has 1 N–H and O–H groups in total. The molecule has 1 aromatic carbocycles. The van der Waals surface area contributed by atoms with Gasteiger partial charge in [0.15, 0.2) is 0 Å². The highest BCUT2D eigenvalue weighted by Crippen LogP contribution is 2.50. The fraction of sp³-hybridized carbons (Fsp3) is 0.182. The molecular formula is C22H16F3N3O3. The van der Waals surface area contributed by atoms with Crippen LogP contribution in [0.15, 0.2) is 55.0 Å². The van der Waals surface area contributed by atoms with Crippen LogP contribution in [0, 0.1) is 0 Å². The summed E-state index contributed by atoms with van der Waals surface area (Å²) < 4.78 is 41.9. The van der Waals surface area contributed by atoms with E-state index in [1.807, 2.05) is 0 Å². The van der Waals surface area contributed by atoms with Crippen molar-refractivity contribution < 1.29 is 27.9 Å². The minimum absolute atomic E-state index is 0.102. The van der Waals surface area contributed by atoms with E-state index in [1.165, 1.54) is 41.7 Å². The van der Waals surface area contributed by atoms with Crippen LogP contribution in [0.1, 0.15) is 35.3 Å². The number of hydrogen-bond donors (Lipinski definition) is 1. The Bertz CT molecular complexity index is 1210. The molecule has 0 aliphatic carbocycles. The van der Waals surface area contributed by atoms with Crippen molar-refractivity contribution in [3.63, 3.8) is 0 Å². The molecule has 3 aromatic rings. The normalized spacial score (nSPS) is 15.1. The molecule has 0 unspecified atom stereocenters. The molecule has 0 saturated heterocycles. The summed E-state index contributed by atoms with van der Waals surface area (Å²) in [6, 6.07) is 8.03. The lowest BCUT2D eigenvalue weighted by atomic mass is 9.81. The SMILES string of the molecule is CC1(C)C(=O)N(c2cccnc2)c2nccc(-c3cccc(C(=O)O)c3C(F)(F)F)c21. The second-order valence-corrected chi connectivity index (χ2v) is 7.56. The predicted octanol–water partition coefficient (Wildman–Crippen LogP) is 4.82. The van der Waals surface area contributed by atoms with Crippen LogP contribution in [0.4, 0.5) is 24.7 Å². The number of halogens is 3. The van der Waals surface area contributed by atoms with Gasteiger partial charge >= 0.3 is 12.1 Å². The highest BCUT2D eigenvalue weighted by Gasteiger charge is 2.48. The predicted molar refractivity (Wildman–Crippen MR) is 106 cm³/mol. The third-order valence-corrected chi connectivity index (χ3v) is 5.28. The Morgan fingerprint density at radius 2 is 1.81 bits per heavy atom. The van der Waals surface area contributed by atoms with Gasteiger partial charge in [0.05, 0.1) is 28.4 Å². The van der Waals surface area contributed by atoms with Crippen LogP contribution in [0.3, 0.4) is 0 Å². The number of anilines is 2. The van der Waals surface area contributed by atoms with Gasteiger partial charge < -0.3 is 5.11 Å². The number of amides is 1. The lowest BCUT2D eigenvalue weighted by Gasteiger charge is -2.22. The van der Waals surface area contributed by atoms with Crippen molar-refractivity contribution in [1.82, 2.24) is 9.97 Å². The number of fused-ring (bicyclic) bond motifs is 1. The number of carbonyl (C=O) groups excluding carboxylic acids is 1. The number of hydrogen-bond acceptors (Lipinski definition) is 4. The van der Waals surface area contributed by atoms with E-state index in [4.69, 9.17) is 0 Å². The van der Waals surface area contributed by atoms with Crippen molar-refractivity contribution >= 4 is 23.4 Å². The first kappa shape index (κ1) is 20.5. The summed E-state index contributed by atoms with van der Waals surface area (Å²) >= 11 is 0. The van der Waals surface area contributed by atoms with E-state index in [2.05, 4.69) is 9.97 Å². The quantitative estimate of drug-likeness (QED) is 0.648. The molecule has 4 rings (SSSR count). The second kappa shape index (κ2) is 6.90. The molecule has 1 aliphatic rings. The molecule has 1 aliphatic heterocycles. The smallest absolute Gasteiger partial charge is 0.417 e. The van der Waals surface area contributed by atoms with Gasteiger partial charge in [-0.1, -0.05) is 12.1 Å². The number of carbonyl (C=O) groups is 2. The van der Waals surface area contributed by atoms with E-state index >= 15 is 0 Å². The number of rotatable bonds is 3. The van der Waals surface area contributed by atoms with Crippen molar-refractivity contribution in [2.24, 2.45) is 0 Å². The van der Waals surface area contributed by atoms with Crippen LogP contribution in [-0.2, 0) is 16.4 Å². The zero-order valence-corrected chi connectivity index (χ0v) is 16.4. The third-order valence-electron chi connectivity index (χ3n) is 5.28. The Morgan fingerprint density at radius 1 is 1.06 bits per heavy atom. The number of benzene rings is 1. The Hall–Kier alpha value is -3.75. The second-order valence-electron chi connectivity index (χ2n) is 7.56. The Morgan fingerprint density at radius 3 is 2.42 bits per heavy atom. The minimum atomic E-state index is -4.92. The number of aromatic nitrogens is 2. The van der Waals surface area contributed by atoms with E-state index in [-0.39, 0.29) is 28.4 Å². The summed E-state index contributed by atoms with van der Waals surface area (Å²) in [6.07, 6.45) is -0.618. The molecule has 0 radical (unpaired) electrons. The molecule has 2 aromatic heterocycles. The van der Waals surface area contributed by atoms with Crippen molar-refractivity contribution in [3.8, 4) is 11.1 Å². The molecule has 3 heterocycles. The number of aromatic carboxylic acids is 1. The third kappa shape index (κ3) is 3.13. The number of nitrogens with zero attached hydrogens (tertiary/aromatic N) is 3. The van der Waals surface area contributed by atoms with Crippen LogP contribution in [0.2, 0.25) is 0 Å². The van der Waals surface area contributed by atoms with Gasteiger partial charge in [0.2, 0.25) is 5.91 Å². The fourth-order valence-electron chi connectivity index (χ4n) is 3.93. The standard InChI is InChI=1S/C22H16F3N3O3/c1-21(2)17-14(13-6-3-7-15(19(29)30)16(13)22(23,24)25)8-10-27-18(17)28(20(21)31)12-5-4-9-26-11-12/h3-11H,1-2H3,(H,29,30). The van der Waals surface area contributed by atoms with Gasteiger partial charge in [0.1, 0.15) is 5.82 Å². The van der Waals surface area contributed by atoms with Crippen molar-refractivity contribution in [2.45, 2.75) is 25.4 Å². The summed E-state index contributed by atoms with van der Waals surface area (Å²) in [5.41, 5.74) is -2.83. The molecule has 0 spiro atoms. The summed E-state index contributed by atoms with van der Waals surface area (Å²) in [5, 5.41) is 9.35. The summed E-state index contributed by atoms with van der Waals surface area (Å²) in [7, 11) is 0. The van der Waals surface area contributed by atoms with E-state index in [1.54, 1.807) is 26.0 Å². The first-order valence-electron chi connectivity index (χ1n) is 9.23. The minimum Gasteiger partial charge on any atom is -0.478 e. The van der Waals surface area contributed by atoms with Crippen LogP contribution in [0.5, 0.6) is 0 Å². The molecule has 9 heteroatoms. The lowest BCUT2D eigenvalue weighted by molar-refractivity contribution is -0.137. The zero-order valence-electron chi connectivity index (χ0n) is 16.4. The van der Waals surface area contributed by atoms with Crippen LogP contribution < -0.4 is 4.90 Å². The van der Waals surface area contributed by atoms with Crippen LogP contribution in [-0.4, -0.2) is 27.0 Å². The van der Waals surface area contributed by atoms with Gasteiger partial charge in [0.25, 0.3) is 0 Å². The average Bonchev–Trinajstić information content (AvgIpc) is 2.93. The molecule has 0 bridgehead atoms. The number of carboxylic acid groups (broad SMARTS) is 1. The molecule has 0 atom stereocenters. The Balaban J connectivity index is 2.05. The van der Waals surface area contributed by atoms with Crippen LogP contribution in [0.25, 0.3) is 11.1 Å². The van der Waals surface area contributed by atoms with E-state index in [0.717, 1.165) is 6.07 Å². The maximum absolute atomic E-state index is 14.0. The zero-order chi connectivity index (χ0) is 22.6. The van der Waals surface area contributed by atoms with Crippen molar-refractivity contribution in [1.29, 1.82) is 0 Å². The summed E-state index contributed by atoms with van der Waals surface area (Å²) in [5.74, 6) is -1.88. The lowest BCUT2D eigenvalue weighted by Crippen LogP contribution is -2.33. The highest BCUT2D eigenvalue weighted by atomic mass is 19.4. The molecule has 0 saturated carbocycles. The highest BCUT2D eigenvalue weighted by molar-refractivity contribution is 6.13. The van der Waals surface area contributed by atoms with Crippen LogP contribution >= 0.6 is 0 Å². The molecule has 158 valence electrons. The van der Waals surface area contributed by atoms with E-state index in [9.17, 15) is 27.9 Å². The summed E-state index contributed by atoms with van der Waals surface area (Å²) in [6.45, 7) is 3.20. The van der Waals surface area contributed by atoms with Gasteiger partial charge in [0, 0.05) is 18.0 Å². The Kier molecular flexibility index (Phi) is 4.57. The summed E-state index contributed by atoms with van der Waals surface area (Å²) in [4.78, 5) is 34.4. The van der Waals surface area contributed by atoms with Gasteiger partial charge in [-0.15, -0.1) is 0 Å². The van der Waals surface area contributed by atoms with Gasteiger partial charge in [-0.2, -0.15) is 13.2 Å². The first-order valence-corrected chi connectivity index (χ1v) is 9.23. The maximum Gasteiger partial charge on any atom is 0.417 e. The van der Waals surface area contributed by atoms with Crippen molar-refractivity contribution in [3.05, 3.63) is 71.7 Å². The molecule has 6 nitrogen and oxygen atoms in total. The maximum atomic E-state index is 14.0. The van der Waals surface area contributed by atoms with Crippen molar-refractivity contribution in [2.75, 3.05) is 4.90 Å². The van der Waals surface area contributed by atoms with E-state index < -0.39 is 28.7 Å². The van der Waals surface area contributed by atoms with Gasteiger partial charge in [-0.3, -0.25) is 14.7 Å². The van der Waals surface area contributed by atoms with Gasteiger partial charge in [-0.05, 0) is 49.2 Å². The number of alkyl halides is 3. The Labute approximate surface area is 175 Å². The molecule has 31 heavy (non-hydrogen) atoms. The topological polar surface area (TPSA) is 83.4 Å². The largest absolute Gasteiger partial charge is 0.478 e. The number of pyridine rings is 2. The molecule has 0 fully saturated rings. The van der Waals surface area contributed by atoms with Gasteiger partial charge in [-0.25, -0.2) is 9.78 Å². The average molecular weight is 427 g/mol. The fourth-order valence-corrected chi connectivity index (χ4v) is 3.93. The first-order chi connectivity index (χ1) is 14.5. The monoisotopic (exact) mass is 427 g/mol. The molecule has 1 amide bonds.